The molecule has 0 fully saturated rings. The molecule has 21 heavy (non-hydrogen) atoms. The Bertz CT molecular complexity index is 811. The van der Waals surface area contributed by atoms with Gasteiger partial charge in [0.25, 0.3) is 0 Å². The predicted octanol–water partition coefficient (Wildman–Crippen LogP) is 5.13. The molecular weight excluding hydrogens is 256 g/mol. The summed E-state index contributed by atoms with van der Waals surface area (Å²) < 4.78 is 0. The Kier molecular flexibility index (Phi) is 3.65. The first-order valence-corrected chi connectivity index (χ1v) is 6.99. The maximum Gasteiger partial charge on any atom is 0.150 e. The van der Waals surface area contributed by atoms with Crippen LogP contribution in [0.25, 0.3) is 22.9 Å². The molecule has 0 heterocycles. The minimum absolute atomic E-state index is 0.720. The van der Waals surface area contributed by atoms with Crippen LogP contribution in [-0.2, 0) is 0 Å². The molecule has 102 valence electrons. The summed E-state index contributed by atoms with van der Waals surface area (Å²) in [5.41, 5.74) is 4.07. The molecule has 1 heteroatoms. The molecule has 0 radical (unpaired) electrons. The number of aryl methyl sites for hydroxylation is 1. The summed E-state index contributed by atoms with van der Waals surface area (Å²) in [6, 6.07) is 20.3. The number of hydrogen-bond acceptors (Lipinski definition) is 1. The zero-order chi connectivity index (χ0) is 14.7. The van der Waals surface area contributed by atoms with Crippen LogP contribution in [0, 0.1) is 6.92 Å². The molecule has 0 aromatic heterocycles. The van der Waals surface area contributed by atoms with Crippen molar-refractivity contribution in [2.75, 3.05) is 0 Å². The van der Waals surface area contributed by atoms with E-state index in [1.807, 2.05) is 36.4 Å². The second kappa shape index (κ2) is 5.76. The van der Waals surface area contributed by atoms with Crippen molar-refractivity contribution in [3.63, 3.8) is 0 Å². The third kappa shape index (κ3) is 2.77. The van der Waals surface area contributed by atoms with E-state index >= 15 is 0 Å². The van der Waals surface area contributed by atoms with Gasteiger partial charge in [-0.2, -0.15) is 0 Å². The van der Waals surface area contributed by atoms with Crippen LogP contribution in [0.2, 0.25) is 0 Å². The van der Waals surface area contributed by atoms with E-state index in [0.29, 0.717) is 0 Å². The smallest absolute Gasteiger partial charge is 0.150 e. The lowest BCUT2D eigenvalue weighted by atomic mass is 9.98. The number of rotatable bonds is 3. The Morgan fingerprint density at radius 2 is 1.57 bits per heavy atom. The quantitative estimate of drug-likeness (QED) is 0.477. The molecule has 0 saturated carbocycles. The van der Waals surface area contributed by atoms with Gasteiger partial charge in [0, 0.05) is 5.56 Å². The van der Waals surface area contributed by atoms with Crippen molar-refractivity contribution in [2.45, 2.75) is 6.92 Å². The average Bonchev–Trinajstić information content (AvgIpc) is 2.54. The molecule has 1 nitrogen and oxygen atoms in total. The molecular formula is C20H16O. The molecule has 3 rings (SSSR count). The van der Waals surface area contributed by atoms with Crippen molar-refractivity contribution >= 4 is 29.2 Å². The van der Waals surface area contributed by atoms with Gasteiger partial charge in [0.15, 0.2) is 6.29 Å². The first-order valence-electron chi connectivity index (χ1n) is 6.99. The molecule has 0 N–H and O–H groups in total. The third-order valence-corrected chi connectivity index (χ3v) is 3.65. The number of fused-ring (bicyclic) bond motifs is 1. The highest BCUT2D eigenvalue weighted by Gasteiger charge is 2.03. The number of carbonyl (C=O) groups excluding carboxylic acids is 1. The topological polar surface area (TPSA) is 17.1 Å². The fourth-order valence-corrected chi connectivity index (χ4v) is 2.46. The van der Waals surface area contributed by atoms with Gasteiger partial charge < -0.3 is 0 Å². The van der Waals surface area contributed by atoms with E-state index in [1.165, 1.54) is 5.56 Å². The number of aldehydes is 1. The van der Waals surface area contributed by atoms with E-state index < -0.39 is 0 Å². The highest BCUT2D eigenvalue weighted by molar-refractivity contribution is 5.99. The SMILES string of the molecule is Cc1ccc(/C=C\c2c(C=O)ccc3ccccc23)cc1. The lowest BCUT2D eigenvalue weighted by Gasteiger charge is -2.05. The van der Waals surface area contributed by atoms with Gasteiger partial charge in [-0.25, -0.2) is 0 Å². The van der Waals surface area contributed by atoms with Gasteiger partial charge >= 0.3 is 0 Å². The van der Waals surface area contributed by atoms with Crippen LogP contribution in [0.3, 0.4) is 0 Å². The minimum atomic E-state index is 0.720. The number of carbonyl (C=O) groups is 1. The van der Waals surface area contributed by atoms with Crippen molar-refractivity contribution in [3.8, 4) is 0 Å². The molecule has 0 spiro atoms. The average molecular weight is 272 g/mol. The van der Waals surface area contributed by atoms with Gasteiger partial charge in [0.1, 0.15) is 0 Å². The van der Waals surface area contributed by atoms with Crippen LogP contribution in [0.15, 0.2) is 60.7 Å². The standard InChI is InChI=1S/C20H16O/c1-15-6-8-16(9-7-15)10-13-20-18(14-21)12-11-17-4-2-3-5-19(17)20/h2-14H,1H3/b13-10-. The van der Waals surface area contributed by atoms with Crippen molar-refractivity contribution in [1.29, 1.82) is 0 Å². The Hall–Kier alpha value is -2.67. The van der Waals surface area contributed by atoms with Gasteiger partial charge in [-0.1, -0.05) is 78.4 Å². The summed E-state index contributed by atoms with van der Waals surface area (Å²) in [5, 5.41) is 2.25. The summed E-state index contributed by atoms with van der Waals surface area (Å²) >= 11 is 0. The van der Waals surface area contributed by atoms with E-state index in [1.54, 1.807) is 0 Å². The van der Waals surface area contributed by atoms with Gasteiger partial charge in [-0.3, -0.25) is 4.79 Å². The Balaban J connectivity index is 2.10. The highest BCUT2D eigenvalue weighted by atomic mass is 16.1. The molecule has 3 aromatic rings. The van der Waals surface area contributed by atoms with Gasteiger partial charge in [-0.15, -0.1) is 0 Å². The van der Waals surface area contributed by atoms with Crippen LogP contribution >= 0.6 is 0 Å². The molecule has 0 amide bonds. The van der Waals surface area contributed by atoms with E-state index in [-0.39, 0.29) is 0 Å². The molecule has 0 aliphatic carbocycles. The van der Waals surface area contributed by atoms with Crippen LogP contribution < -0.4 is 0 Å². The fourth-order valence-electron chi connectivity index (χ4n) is 2.46. The second-order valence-corrected chi connectivity index (χ2v) is 5.15. The third-order valence-electron chi connectivity index (χ3n) is 3.65. The second-order valence-electron chi connectivity index (χ2n) is 5.15. The summed E-state index contributed by atoms with van der Waals surface area (Å²) in [6.45, 7) is 2.07. The molecule has 0 atom stereocenters. The Labute approximate surface area is 124 Å². The zero-order valence-electron chi connectivity index (χ0n) is 11.9. The van der Waals surface area contributed by atoms with Crippen LogP contribution in [-0.4, -0.2) is 6.29 Å². The van der Waals surface area contributed by atoms with E-state index in [9.17, 15) is 4.79 Å². The lowest BCUT2D eigenvalue weighted by molar-refractivity contribution is 0.112. The molecule has 0 aliphatic heterocycles. The van der Waals surface area contributed by atoms with Crippen LogP contribution in [0.1, 0.15) is 27.0 Å². The van der Waals surface area contributed by atoms with Gasteiger partial charge in [-0.05, 0) is 28.8 Å². The molecule has 0 bridgehead atoms. The maximum atomic E-state index is 11.3. The van der Waals surface area contributed by atoms with Gasteiger partial charge in [0.2, 0.25) is 0 Å². The lowest BCUT2D eigenvalue weighted by Crippen LogP contribution is -1.88. The fraction of sp³-hybridized carbons (Fsp3) is 0.0500. The van der Waals surface area contributed by atoms with Crippen molar-refractivity contribution in [2.24, 2.45) is 0 Å². The summed E-state index contributed by atoms with van der Waals surface area (Å²) in [5.74, 6) is 0. The monoisotopic (exact) mass is 272 g/mol. The van der Waals surface area contributed by atoms with Gasteiger partial charge in [0.05, 0.1) is 0 Å². The molecule has 0 saturated heterocycles. The first-order chi connectivity index (χ1) is 10.3. The summed E-state index contributed by atoms with van der Waals surface area (Å²) in [7, 11) is 0. The zero-order valence-corrected chi connectivity index (χ0v) is 11.9. The summed E-state index contributed by atoms with van der Waals surface area (Å²) in [6.07, 6.45) is 4.99. The molecule has 0 unspecified atom stereocenters. The minimum Gasteiger partial charge on any atom is -0.298 e. The first kappa shape index (κ1) is 13.3. The predicted molar refractivity (Wildman–Crippen MR) is 89.4 cm³/mol. The maximum absolute atomic E-state index is 11.3. The van der Waals surface area contributed by atoms with E-state index in [0.717, 1.165) is 33.7 Å². The van der Waals surface area contributed by atoms with Crippen molar-refractivity contribution in [1.82, 2.24) is 0 Å². The molecule has 0 aliphatic rings. The Morgan fingerprint density at radius 1 is 0.810 bits per heavy atom. The largest absolute Gasteiger partial charge is 0.298 e. The normalized spacial score (nSPS) is 11.1. The van der Waals surface area contributed by atoms with Crippen molar-refractivity contribution in [3.05, 3.63) is 82.9 Å². The number of hydrogen-bond donors (Lipinski definition) is 0. The Morgan fingerprint density at radius 3 is 2.33 bits per heavy atom. The van der Waals surface area contributed by atoms with Crippen molar-refractivity contribution < 1.29 is 4.79 Å². The van der Waals surface area contributed by atoms with Crippen LogP contribution in [0.5, 0.6) is 0 Å². The number of benzene rings is 3. The van der Waals surface area contributed by atoms with E-state index in [4.69, 9.17) is 0 Å². The van der Waals surface area contributed by atoms with E-state index in [2.05, 4.69) is 43.3 Å². The molecule has 3 aromatic carbocycles. The highest BCUT2D eigenvalue weighted by Crippen LogP contribution is 2.24. The summed E-state index contributed by atoms with van der Waals surface area (Å²) in [4.78, 5) is 11.3. The van der Waals surface area contributed by atoms with Crippen LogP contribution in [0.4, 0.5) is 0 Å².